The molecule has 1 atom stereocenters. The molecule has 0 radical (unpaired) electrons. The van der Waals surface area contributed by atoms with Gasteiger partial charge < -0.3 is 4.90 Å². The molecule has 5 heteroatoms. The zero-order valence-electron chi connectivity index (χ0n) is 11.9. The van der Waals surface area contributed by atoms with Crippen LogP contribution in [0.2, 0.25) is 5.02 Å². The predicted molar refractivity (Wildman–Crippen MR) is 82.7 cm³/mol. The number of ketones is 1. The van der Waals surface area contributed by atoms with Crippen molar-refractivity contribution in [3.8, 4) is 0 Å². The van der Waals surface area contributed by atoms with E-state index < -0.39 is 0 Å². The quantitative estimate of drug-likeness (QED) is 0.843. The summed E-state index contributed by atoms with van der Waals surface area (Å²) in [4.78, 5) is 26.6. The molecule has 1 fully saturated rings. The summed E-state index contributed by atoms with van der Waals surface area (Å²) < 4.78 is 0. The highest BCUT2D eigenvalue weighted by Gasteiger charge is 2.29. The van der Waals surface area contributed by atoms with Gasteiger partial charge in [0.15, 0.2) is 0 Å². The van der Waals surface area contributed by atoms with Crippen molar-refractivity contribution in [2.45, 2.75) is 52.0 Å². The number of nitrogens with zero attached hydrogens (tertiary/aromatic N) is 1. The Kier molecular flexibility index (Phi) is 5.22. The van der Waals surface area contributed by atoms with Crippen molar-refractivity contribution in [1.29, 1.82) is 0 Å². The van der Waals surface area contributed by atoms with E-state index in [0.29, 0.717) is 16.3 Å². The number of carbonyl (C=O) groups excluding carboxylic acids is 2. The third-order valence-electron chi connectivity index (χ3n) is 3.75. The molecule has 1 amide bonds. The Balaban J connectivity index is 2.23. The number of hydrogen-bond donors (Lipinski definition) is 0. The van der Waals surface area contributed by atoms with E-state index in [0.717, 1.165) is 37.8 Å². The summed E-state index contributed by atoms with van der Waals surface area (Å²) in [6, 6.07) is 0.0287. The fourth-order valence-corrected chi connectivity index (χ4v) is 3.92. The summed E-state index contributed by atoms with van der Waals surface area (Å²) in [6.07, 6.45) is 4.57. The maximum Gasteiger partial charge on any atom is 0.265 e. The van der Waals surface area contributed by atoms with Crippen LogP contribution >= 0.6 is 22.9 Å². The number of thiophene rings is 1. The van der Waals surface area contributed by atoms with E-state index in [-0.39, 0.29) is 17.7 Å². The first kappa shape index (κ1) is 15.5. The van der Waals surface area contributed by atoms with Crippen molar-refractivity contribution in [2.24, 2.45) is 0 Å². The normalized spacial score (nSPS) is 19.8. The number of hydrogen-bond acceptors (Lipinski definition) is 3. The van der Waals surface area contributed by atoms with Gasteiger partial charge in [-0.15, -0.1) is 11.3 Å². The highest BCUT2D eigenvalue weighted by molar-refractivity contribution is 7.13. The Labute approximate surface area is 128 Å². The largest absolute Gasteiger partial charge is 0.334 e. The van der Waals surface area contributed by atoms with Gasteiger partial charge in [-0.05, 0) is 37.6 Å². The van der Waals surface area contributed by atoms with Crippen molar-refractivity contribution in [2.75, 3.05) is 6.54 Å². The van der Waals surface area contributed by atoms with Crippen LogP contribution in [0.15, 0.2) is 5.38 Å². The highest BCUT2D eigenvalue weighted by atomic mass is 35.5. The van der Waals surface area contributed by atoms with Gasteiger partial charge in [-0.2, -0.15) is 0 Å². The average Bonchev–Trinajstić information content (AvgIpc) is 2.61. The predicted octanol–water partition coefficient (Wildman–Crippen LogP) is 4.07. The average molecular weight is 314 g/mol. The number of aryl methyl sites for hydroxylation is 1. The molecule has 0 bridgehead atoms. The molecule has 20 heavy (non-hydrogen) atoms. The monoisotopic (exact) mass is 313 g/mol. The molecule has 2 rings (SSSR count). The fourth-order valence-electron chi connectivity index (χ4n) is 2.69. The molecule has 0 spiro atoms. The van der Waals surface area contributed by atoms with E-state index >= 15 is 0 Å². The molecule has 110 valence electrons. The summed E-state index contributed by atoms with van der Waals surface area (Å²) in [7, 11) is 0. The van der Waals surface area contributed by atoms with Crippen molar-refractivity contribution < 1.29 is 9.59 Å². The highest BCUT2D eigenvalue weighted by Crippen LogP contribution is 2.30. The molecule has 0 N–H and O–H groups in total. The second-order valence-corrected chi connectivity index (χ2v) is 6.73. The standard InChI is InChI=1S/C15H20ClNO2S/c1-10-9-20-14(13(10)16)15(19)17-7-5-3-4-6-12(17)8-11(2)18/h9,12H,3-8H2,1-2H3. The van der Waals surface area contributed by atoms with Gasteiger partial charge in [0.1, 0.15) is 10.7 Å². The maximum absolute atomic E-state index is 12.7. The minimum Gasteiger partial charge on any atom is -0.334 e. The van der Waals surface area contributed by atoms with Gasteiger partial charge in [-0.3, -0.25) is 9.59 Å². The van der Waals surface area contributed by atoms with Crippen LogP contribution in [0.1, 0.15) is 54.3 Å². The zero-order chi connectivity index (χ0) is 14.7. The van der Waals surface area contributed by atoms with E-state index in [4.69, 9.17) is 11.6 Å². The number of carbonyl (C=O) groups is 2. The van der Waals surface area contributed by atoms with Gasteiger partial charge in [0, 0.05) is 19.0 Å². The third-order valence-corrected chi connectivity index (χ3v) is 5.44. The molecule has 3 nitrogen and oxygen atoms in total. The van der Waals surface area contributed by atoms with Gasteiger partial charge in [-0.1, -0.05) is 24.4 Å². The van der Waals surface area contributed by atoms with Crippen molar-refractivity contribution in [3.05, 3.63) is 20.8 Å². The lowest BCUT2D eigenvalue weighted by atomic mass is 10.0. The number of rotatable bonds is 3. The Bertz CT molecular complexity index is 512. The fraction of sp³-hybridized carbons (Fsp3) is 0.600. The molecule has 0 saturated carbocycles. The lowest BCUT2D eigenvalue weighted by Gasteiger charge is -2.29. The van der Waals surface area contributed by atoms with Crippen molar-refractivity contribution in [1.82, 2.24) is 4.90 Å². The summed E-state index contributed by atoms with van der Waals surface area (Å²) in [5.41, 5.74) is 0.943. The number of likely N-dealkylation sites (tertiary alicyclic amines) is 1. The van der Waals surface area contributed by atoms with Crippen LogP contribution < -0.4 is 0 Å². The minimum absolute atomic E-state index is 0.0127. The third kappa shape index (κ3) is 3.41. The molecule has 1 unspecified atom stereocenters. The number of Topliss-reactive ketones (excluding diaryl/α,β-unsaturated/α-hetero) is 1. The first-order chi connectivity index (χ1) is 9.50. The number of halogens is 1. The molecule has 2 heterocycles. The Morgan fingerprint density at radius 3 is 2.75 bits per heavy atom. The van der Waals surface area contributed by atoms with Crippen molar-refractivity contribution >= 4 is 34.6 Å². The van der Waals surface area contributed by atoms with Gasteiger partial charge in [0.05, 0.1) is 5.02 Å². The molecule has 1 aromatic rings. The Hall–Kier alpha value is -0.870. The minimum atomic E-state index is -0.0127. The SMILES string of the molecule is CC(=O)CC1CCCCCN1C(=O)c1scc(C)c1Cl. The topological polar surface area (TPSA) is 37.4 Å². The summed E-state index contributed by atoms with van der Waals surface area (Å²) in [5, 5.41) is 2.47. The maximum atomic E-state index is 12.7. The van der Waals surface area contributed by atoms with Gasteiger partial charge >= 0.3 is 0 Å². The molecule has 1 aromatic heterocycles. The molecule has 1 aliphatic rings. The lowest BCUT2D eigenvalue weighted by molar-refractivity contribution is -0.118. The van der Waals surface area contributed by atoms with E-state index in [2.05, 4.69) is 0 Å². The summed E-state index contributed by atoms with van der Waals surface area (Å²) in [5.74, 6) is 0.129. The van der Waals surface area contributed by atoms with E-state index in [1.807, 2.05) is 17.2 Å². The van der Waals surface area contributed by atoms with E-state index in [1.165, 1.54) is 11.3 Å². The second-order valence-electron chi connectivity index (χ2n) is 5.47. The van der Waals surface area contributed by atoms with Crippen LogP contribution in [0.4, 0.5) is 0 Å². The Morgan fingerprint density at radius 2 is 2.15 bits per heavy atom. The van der Waals surface area contributed by atoms with Crippen LogP contribution in [-0.2, 0) is 4.79 Å². The molecule has 0 aromatic carbocycles. The first-order valence-corrected chi connectivity index (χ1v) is 8.30. The van der Waals surface area contributed by atoms with E-state index in [1.54, 1.807) is 6.92 Å². The van der Waals surface area contributed by atoms with Gasteiger partial charge in [0.2, 0.25) is 0 Å². The molecular weight excluding hydrogens is 294 g/mol. The lowest BCUT2D eigenvalue weighted by Crippen LogP contribution is -2.40. The Morgan fingerprint density at radius 1 is 1.40 bits per heavy atom. The van der Waals surface area contributed by atoms with Crippen LogP contribution in [0, 0.1) is 6.92 Å². The number of amides is 1. The molecular formula is C15H20ClNO2S. The molecule has 0 aliphatic carbocycles. The van der Waals surface area contributed by atoms with Crippen LogP contribution in [-0.4, -0.2) is 29.2 Å². The van der Waals surface area contributed by atoms with Gasteiger partial charge in [0.25, 0.3) is 5.91 Å². The molecule has 1 saturated heterocycles. The van der Waals surface area contributed by atoms with Crippen LogP contribution in [0.3, 0.4) is 0 Å². The van der Waals surface area contributed by atoms with E-state index in [9.17, 15) is 9.59 Å². The van der Waals surface area contributed by atoms with Crippen LogP contribution in [0.25, 0.3) is 0 Å². The zero-order valence-corrected chi connectivity index (χ0v) is 13.5. The smallest absolute Gasteiger partial charge is 0.265 e. The first-order valence-electron chi connectivity index (χ1n) is 7.04. The van der Waals surface area contributed by atoms with Gasteiger partial charge in [-0.25, -0.2) is 0 Å². The summed E-state index contributed by atoms with van der Waals surface area (Å²) >= 11 is 7.61. The van der Waals surface area contributed by atoms with Crippen molar-refractivity contribution in [3.63, 3.8) is 0 Å². The molecule has 1 aliphatic heterocycles. The second kappa shape index (κ2) is 6.72. The van der Waals surface area contributed by atoms with Crippen LogP contribution in [0.5, 0.6) is 0 Å². The summed E-state index contributed by atoms with van der Waals surface area (Å²) in [6.45, 7) is 4.23.